The highest BCUT2D eigenvalue weighted by Crippen LogP contribution is 2.15. The van der Waals surface area contributed by atoms with Crippen LogP contribution in [0.15, 0.2) is 60.7 Å². The zero-order valence-corrected chi connectivity index (χ0v) is 15.5. The SMILES string of the molecule is CC[n+]1c(C=Cc2ccc(OC)cc2)ccc2ccccc21.[I-]. The van der Waals surface area contributed by atoms with Crippen LogP contribution in [0.3, 0.4) is 0 Å². The van der Waals surface area contributed by atoms with E-state index in [0.29, 0.717) is 0 Å². The summed E-state index contributed by atoms with van der Waals surface area (Å²) < 4.78 is 7.52. The molecule has 0 saturated carbocycles. The van der Waals surface area contributed by atoms with Crippen molar-refractivity contribution in [1.29, 1.82) is 0 Å². The number of fused-ring (bicyclic) bond motifs is 1. The highest BCUT2D eigenvalue weighted by molar-refractivity contribution is 5.77. The molecule has 3 heteroatoms. The third kappa shape index (κ3) is 3.91. The predicted octanol–water partition coefficient (Wildman–Crippen LogP) is 1.33. The predicted molar refractivity (Wildman–Crippen MR) is 91.7 cm³/mol. The number of pyridine rings is 1. The zero-order valence-electron chi connectivity index (χ0n) is 13.4. The van der Waals surface area contributed by atoms with Crippen LogP contribution < -0.4 is 33.3 Å². The molecule has 1 heterocycles. The molecule has 2 nitrogen and oxygen atoms in total. The summed E-state index contributed by atoms with van der Waals surface area (Å²) in [4.78, 5) is 0. The lowest BCUT2D eigenvalue weighted by Crippen LogP contribution is -3.00. The van der Waals surface area contributed by atoms with Gasteiger partial charge < -0.3 is 28.7 Å². The van der Waals surface area contributed by atoms with Crippen molar-refractivity contribution >= 4 is 23.1 Å². The Morgan fingerprint density at radius 3 is 2.35 bits per heavy atom. The van der Waals surface area contributed by atoms with Crippen LogP contribution in [0.4, 0.5) is 0 Å². The number of hydrogen-bond donors (Lipinski definition) is 0. The van der Waals surface area contributed by atoms with Gasteiger partial charge in [0.2, 0.25) is 11.2 Å². The Morgan fingerprint density at radius 1 is 0.913 bits per heavy atom. The van der Waals surface area contributed by atoms with Gasteiger partial charge in [-0.2, -0.15) is 4.57 Å². The summed E-state index contributed by atoms with van der Waals surface area (Å²) in [5.74, 6) is 0.881. The van der Waals surface area contributed by atoms with E-state index in [2.05, 4.69) is 72.2 Å². The summed E-state index contributed by atoms with van der Waals surface area (Å²) in [7, 11) is 1.68. The minimum absolute atomic E-state index is 0. The minimum Gasteiger partial charge on any atom is -1.00 e. The quantitative estimate of drug-likeness (QED) is 0.461. The van der Waals surface area contributed by atoms with E-state index < -0.39 is 0 Å². The lowest BCUT2D eigenvalue weighted by atomic mass is 10.1. The number of para-hydroxylation sites is 1. The highest BCUT2D eigenvalue weighted by atomic mass is 127. The van der Waals surface area contributed by atoms with Gasteiger partial charge in [0.1, 0.15) is 12.3 Å². The van der Waals surface area contributed by atoms with Gasteiger partial charge in [0.25, 0.3) is 0 Å². The van der Waals surface area contributed by atoms with E-state index in [0.717, 1.165) is 17.9 Å². The molecule has 0 amide bonds. The Labute approximate surface area is 154 Å². The summed E-state index contributed by atoms with van der Waals surface area (Å²) in [6.07, 6.45) is 4.30. The van der Waals surface area contributed by atoms with Crippen molar-refractivity contribution in [2.75, 3.05) is 7.11 Å². The Morgan fingerprint density at radius 2 is 1.65 bits per heavy atom. The fraction of sp³-hybridized carbons (Fsp3) is 0.150. The minimum atomic E-state index is 0. The summed E-state index contributed by atoms with van der Waals surface area (Å²) >= 11 is 0. The van der Waals surface area contributed by atoms with E-state index in [9.17, 15) is 0 Å². The molecule has 0 radical (unpaired) electrons. The Hall–Kier alpha value is -1.88. The Bertz CT molecular complexity index is 809. The molecule has 0 atom stereocenters. The number of aromatic nitrogens is 1. The van der Waals surface area contributed by atoms with Gasteiger partial charge in [-0.15, -0.1) is 0 Å². The molecule has 2 aromatic carbocycles. The fourth-order valence-corrected chi connectivity index (χ4v) is 2.67. The topological polar surface area (TPSA) is 13.1 Å². The van der Waals surface area contributed by atoms with Crippen LogP contribution in [-0.4, -0.2) is 7.11 Å². The molecule has 1 aromatic heterocycles. The van der Waals surface area contributed by atoms with Gasteiger partial charge in [-0.3, -0.25) is 0 Å². The maximum atomic E-state index is 5.19. The van der Waals surface area contributed by atoms with Gasteiger partial charge in [0.15, 0.2) is 0 Å². The van der Waals surface area contributed by atoms with Crippen molar-refractivity contribution in [2.24, 2.45) is 0 Å². The normalized spacial score (nSPS) is 10.7. The molecular formula is C20H20INO. The number of aryl methyl sites for hydroxylation is 1. The van der Waals surface area contributed by atoms with E-state index in [1.165, 1.54) is 16.6 Å². The third-order valence-electron chi connectivity index (χ3n) is 3.85. The highest BCUT2D eigenvalue weighted by Gasteiger charge is 2.10. The molecule has 0 bridgehead atoms. The van der Waals surface area contributed by atoms with Gasteiger partial charge in [-0.05, 0) is 42.8 Å². The van der Waals surface area contributed by atoms with E-state index in [-0.39, 0.29) is 24.0 Å². The Kier molecular flexibility index (Phi) is 6.16. The first-order valence-corrected chi connectivity index (χ1v) is 7.55. The average molecular weight is 417 g/mol. The monoisotopic (exact) mass is 417 g/mol. The van der Waals surface area contributed by atoms with Crippen LogP contribution in [0.1, 0.15) is 18.2 Å². The third-order valence-corrected chi connectivity index (χ3v) is 3.85. The molecule has 0 aliphatic carbocycles. The Balaban J connectivity index is 0.00000192. The first kappa shape index (κ1) is 17.5. The number of rotatable bonds is 4. The van der Waals surface area contributed by atoms with Crippen molar-refractivity contribution in [3.8, 4) is 5.75 Å². The summed E-state index contributed by atoms with van der Waals surface area (Å²) in [5.41, 5.74) is 3.63. The zero-order chi connectivity index (χ0) is 15.4. The van der Waals surface area contributed by atoms with Crippen molar-refractivity contribution in [2.45, 2.75) is 13.5 Å². The number of benzene rings is 2. The van der Waals surface area contributed by atoms with Gasteiger partial charge in [0.05, 0.1) is 7.11 Å². The molecule has 0 aliphatic rings. The summed E-state index contributed by atoms with van der Waals surface area (Å²) in [6, 6.07) is 20.9. The number of halogens is 1. The fourth-order valence-electron chi connectivity index (χ4n) is 2.67. The van der Waals surface area contributed by atoms with Crippen molar-refractivity contribution in [1.82, 2.24) is 0 Å². The van der Waals surface area contributed by atoms with Gasteiger partial charge in [-0.25, -0.2) is 0 Å². The van der Waals surface area contributed by atoms with Gasteiger partial charge in [-0.1, -0.05) is 24.3 Å². The second-order valence-corrected chi connectivity index (χ2v) is 5.17. The summed E-state index contributed by atoms with van der Waals surface area (Å²) in [5, 5.41) is 1.27. The van der Waals surface area contributed by atoms with E-state index >= 15 is 0 Å². The second kappa shape index (κ2) is 8.11. The lowest BCUT2D eigenvalue weighted by Gasteiger charge is -2.03. The van der Waals surface area contributed by atoms with Gasteiger partial charge in [0, 0.05) is 23.6 Å². The number of methoxy groups -OCH3 is 1. The van der Waals surface area contributed by atoms with Crippen molar-refractivity contribution in [3.05, 3.63) is 71.9 Å². The van der Waals surface area contributed by atoms with Crippen LogP contribution >= 0.6 is 0 Å². The average Bonchev–Trinajstić information content (AvgIpc) is 2.59. The lowest BCUT2D eigenvalue weighted by molar-refractivity contribution is -0.669. The maximum Gasteiger partial charge on any atom is 0.212 e. The van der Waals surface area contributed by atoms with Crippen LogP contribution in [0, 0.1) is 0 Å². The largest absolute Gasteiger partial charge is 1.00 e. The molecule has 0 N–H and O–H groups in total. The van der Waals surface area contributed by atoms with Crippen LogP contribution in [-0.2, 0) is 6.54 Å². The number of hydrogen-bond acceptors (Lipinski definition) is 1. The van der Waals surface area contributed by atoms with Gasteiger partial charge >= 0.3 is 0 Å². The molecular weight excluding hydrogens is 397 g/mol. The standard InChI is InChI=1S/C20H20NO.HI/c1-3-21-18(13-11-17-6-4-5-7-20(17)21)12-8-16-9-14-19(22-2)15-10-16;/h4-15H,3H2,1-2H3;1H/q+1;/p-1. The molecule has 0 spiro atoms. The first-order chi connectivity index (χ1) is 10.8. The van der Waals surface area contributed by atoms with E-state index in [1.807, 2.05) is 12.1 Å². The maximum absolute atomic E-state index is 5.19. The first-order valence-electron chi connectivity index (χ1n) is 7.55. The molecule has 3 rings (SSSR count). The second-order valence-electron chi connectivity index (χ2n) is 5.17. The summed E-state index contributed by atoms with van der Waals surface area (Å²) in [6.45, 7) is 3.13. The van der Waals surface area contributed by atoms with Crippen LogP contribution in [0.5, 0.6) is 5.75 Å². The van der Waals surface area contributed by atoms with Crippen molar-refractivity contribution in [3.63, 3.8) is 0 Å². The van der Waals surface area contributed by atoms with Crippen LogP contribution in [0.2, 0.25) is 0 Å². The molecule has 0 saturated heterocycles. The number of ether oxygens (including phenoxy) is 1. The van der Waals surface area contributed by atoms with E-state index in [4.69, 9.17) is 4.74 Å². The van der Waals surface area contributed by atoms with E-state index in [1.54, 1.807) is 7.11 Å². The molecule has 0 unspecified atom stereocenters. The molecule has 3 aromatic rings. The smallest absolute Gasteiger partial charge is 0.212 e. The van der Waals surface area contributed by atoms with Crippen molar-refractivity contribution < 1.29 is 33.3 Å². The number of nitrogens with zero attached hydrogens (tertiary/aromatic N) is 1. The molecule has 0 fully saturated rings. The molecule has 23 heavy (non-hydrogen) atoms. The van der Waals surface area contributed by atoms with Crippen LogP contribution in [0.25, 0.3) is 23.1 Å². The molecule has 118 valence electrons. The molecule has 0 aliphatic heterocycles.